The van der Waals surface area contributed by atoms with Gasteiger partial charge in [0.05, 0.1) is 15.8 Å². The number of anilines is 1. The quantitative estimate of drug-likeness (QED) is 0.670. The molecule has 0 unspecified atom stereocenters. The average Bonchev–Trinajstić information content (AvgIpc) is 2.63. The van der Waals surface area contributed by atoms with Crippen LogP contribution in [0.15, 0.2) is 52.5 Å². The maximum atomic E-state index is 12.7. The van der Waals surface area contributed by atoms with Crippen LogP contribution in [0, 0.1) is 0 Å². The number of amides is 1. The fourth-order valence-corrected chi connectivity index (χ4v) is 4.87. The van der Waals surface area contributed by atoms with E-state index in [1.807, 2.05) is 12.1 Å². The second kappa shape index (κ2) is 9.36. The van der Waals surface area contributed by atoms with E-state index in [1.54, 1.807) is 32.2 Å². The van der Waals surface area contributed by atoms with Crippen molar-refractivity contribution in [3.8, 4) is 0 Å². The molecule has 2 aromatic rings. The van der Waals surface area contributed by atoms with Crippen LogP contribution in [0.5, 0.6) is 0 Å². The van der Waals surface area contributed by atoms with Gasteiger partial charge in [-0.3, -0.25) is 4.79 Å². The molecule has 0 atom stereocenters. The number of carbonyl (C=O) groups excluding carboxylic acids is 1. The van der Waals surface area contributed by atoms with E-state index in [1.165, 1.54) is 28.2 Å². The van der Waals surface area contributed by atoms with Crippen LogP contribution in [-0.4, -0.2) is 42.5 Å². The lowest BCUT2D eigenvalue weighted by Crippen LogP contribution is -2.31. The third-order valence-electron chi connectivity index (χ3n) is 3.53. The van der Waals surface area contributed by atoms with Crippen LogP contribution >= 0.6 is 23.4 Å². The lowest BCUT2D eigenvalue weighted by atomic mass is 10.3. The Kier molecular flexibility index (Phi) is 7.45. The summed E-state index contributed by atoms with van der Waals surface area (Å²) in [6.45, 7) is 4.20. The third kappa shape index (κ3) is 5.20. The number of benzene rings is 1. The van der Waals surface area contributed by atoms with E-state index in [0.29, 0.717) is 18.8 Å². The molecule has 1 aromatic heterocycles. The van der Waals surface area contributed by atoms with Crippen molar-refractivity contribution >= 4 is 45.0 Å². The van der Waals surface area contributed by atoms with Crippen LogP contribution in [0.25, 0.3) is 0 Å². The number of carbonyl (C=O) groups is 1. The van der Waals surface area contributed by atoms with Crippen LogP contribution in [0.1, 0.15) is 13.8 Å². The first kappa shape index (κ1) is 20.7. The Morgan fingerprint density at radius 1 is 1.23 bits per heavy atom. The van der Waals surface area contributed by atoms with Crippen LogP contribution in [-0.2, 0) is 14.8 Å². The highest BCUT2D eigenvalue weighted by molar-refractivity contribution is 7.99. The molecule has 26 heavy (non-hydrogen) atoms. The van der Waals surface area contributed by atoms with Gasteiger partial charge in [-0.05, 0) is 30.3 Å². The summed E-state index contributed by atoms with van der Waals surface area (Å²) in [6, 6.07) is 9.90. The summed E-state index contributed by atoms with van der Waals surface area (Å²) >= 11 is 7.38. The zero-order valence-corrected chi connectivity index (χ0v) is 16.9. The number of pyridine rings is 1. The normalized spacial score (nSPS) is 11.5. The minimum atomic E-state index is -3.71. The highest BCUT2D eigenvalue weighted by Gasteiger charge is 2.24. The summed E-state index contributed by atoms with van der Waals surface area (Å²) in [5.74, 6) is -0.0910. The molecule has 1 N–H and O–H groups in total. The Hall–Kier alpha value is -1.61. The zero-order valence-electron chi connectivity index (χ0n) is 14.5. The number of rotatable bonds is 8. The van der Waals surface area contributed by atoms with E-state index in [4.69, 9.17) is 11.6 Å². The summed E-state index contributed by atoms with van der Waals surface area (Å²) in [4.78, 5) is 16.2. The standard InChI is InChI=1S/C17H20ClN3O3S2/c1-3-21(4-2)26(23,24)15-11-13(8-9-14(15)18)20-16(22)12-25-17-7-5-6-10-19-17/h5-11H,3-4,12H2,1-2H3,(H,20,22). The molecule has 0 radical (unpaired) electrons. The van der Waals surface area contributed by atoms with Gasteiger partial charge in [-0.1, -0.05) is 43.3 Å². The summed E-state index contributed by atoms with van der Waals surface area (Å²) < 4.78 is 26.7. The number of aromatic nitrogens is 1. The van der Waals surface area contributed by atoms with Gasteiger partial charge in [-0.2, -0.15) is 4.31 Å². The number of nitrogens with zero attached hydrogens (tertiary/aromatic N) is 2. The van der Waals surface area contributed by atoms with Crippen molar-refractivity contribution in [1.82, 2.24) is 9.29 Å². The number of hydrogen-bond acceptors (Lipinski definition) is 5. The molecule has 1 aromatic carbocycles. The van der Waals surface area contributed by atoms with E-state index in [0.717, 1.165) is 5.03 Å². The van der Waals surface area contributed by atoms with Crippen molar-refractivity contribution in [2.24, 2.45) is 0 Å². The van der Waals surface area contributed by atoms with Crippen molar-refractivity contribution in [3.05, 3.63) is 47.6 Å². The third-order valence-corrected chi connectivity index (χ3v) is 7.00. The van der Waals surface area contributed by atoms with E-state index in [9.17, 15) is 13.2 Å². The number of thioether (sulfide) groups is 1. The number of sulfonamides is 1. The lowest BCUT2D eigenvalue weighted by Gasteiger charge is -2.19. The van der Waals surface area contributed by atoms with Crippen molar-refractivity contribution in [2.45, 2.75) is 23.8 Å². The summed E-state index contributed by atoms with van der Waals surface area (Å²) in [6.07, 6.45) is 1.66. The summed E-state index contributed by atoms with van der Waals surface area (Å²) in [7, 11) is -3.71. The summed E-state index contributed by atoms with van der Waals surface area (Å²) in [5.41, 5.74) is 0.381. The van der Waals surface area contributed by atoms with Gasteiger partial charge in [-0.15, -0.1) is 0 Å². The predicted molar refractivity (Wildman–Crippen MR) is 105 cm³/mol. The molecule has 9 heteroatoms. The first-order valence-corrected chi connectivity index (χ1v) is 10.8. The highest BCUT2D eigenvalue weighted by Crippen LogP contribution is 2.28. The van der Waals surface area contributed by atoms with Gasteiger partial charge in [0.25, 0.3) is 0 Å². The molecule has 140 valence electrons. The molecule has 2 rings (SSSR count). The Balaban J connectivity index is 2.12. The first-order valence-electron chi connectivity index (χ1n) is 8.01. The van der Waals surface area contributed by atoms with E-state index in [2.05, 4.69) is 10.3 Å². The molecule has 0 aliphatic heterocycles. The minimum Gasteiger partial charge on any atom is -0.325 e. The fraction of sp³-hybridized carbons (Fsp3) is 0.294. The smallest absolute Gasteiger partial charge is 0.244 e. The van der Waals surface area contributed by atoms with Crippen LogP contribution in [0.2, 0.25) is 5.02 Å². The topological polar surface area (TPSA) is 79.4 Å². The fourth-order valence-electron chi connectivity index (χ4n) is 2.25. The maximum absolute atomic E-state index is 12.7. The van der Waals surface area contributed by atoms with E-state index >= 15 is 0 Å². The van der Waals surface area contributed by atoms with Gasteiger partial charge in [0.15, 0.2) is 0 Å². The maximum Gasteiger partial charge on any atom is 0.244 e. The summed E-state index contributed by atoms with van der Waals surface area (Å²) in [5, 5.41) is 3.56. The molecule has 0 fully saturated rings. The number of halogens is 1. The first-order chi connectivity index (χ1) is 12.4. The monoisotopic (exact) mass is 413 g/mol. The SMILES string of the molecule is CCN(CC)S(=O)(=O)c1cc(NC(=O)CSc2ccccn2)ccc1Cl. The predicted octanol–water partition coefficient (Wildman–Crippen LogP) is 3.50. The molecule has 6 nitrogen and oxygen atoms in total. The molecule has 1 heterocycles. The molecule has 0 aliphatic rings. The largest absolute Gasteiger partial charge is 0.325 e. The molecule has 0 saturated heterocycles. The Morgan fingerprint density at radius 2 is 1.96 bits per heavy atom. The van der Waals surface area contributed by atoms with Crippen LogP contribution in [0.3, 0.4) is 0 Å². The molecular formula is C17H20ClN3O3S2. The van der Waals surface area contributed by atoms with Gasteiger partial charge < -0.3 is 5.32 Å². The second-order valence-corrected chi connectivity index (χ2v) is 8.55. The molecule has 0 aliphatic carbocycles. The highest BCUT2D eigenvalue weighted by atomic mass is 35.5. The van der Waals surface area contributed by atoms with Crippen LogP contribution < -0.4 is 5.32 Å². The van der Waals surface area contributed by atoms with Crippen molar-refractivity contribution in [2.75, 3.05) is 24.2 Å². The van der Waals surface area contributed by atoms with E-state index < -0.39 is 10.0 Å². The molecular weight excluding hydrogens is 394 g/mol. The van der Waals surface area contributed by atoms with Gasteiger partial charge in [0.1, 0.15) is 4.90 Å². The van der Waals surface area contributed by atoms with Crippen LogP contribution in [0.4, 0.5) is 5.69 Å². The van der Waals surface area contributed by atoms with Gasteiger partial charge in [-0.25, -0.2) is 13.4 Å². The van der Waals surface area contributed by atoms with Gasteiger partial charge in [0, 0.05) is 25.0 Å². The Bertz CT molecular complexity index is 857. The lowest BCUT2D eigenvalue weighted by molar-refractivity contribution is -0.113. The van der Waals surface area contributed by atoms with E-state index in [-0.39, 0.29) is 21.6 Å². The van der Waals surface area contributed by atoms with Crippen molar-refractivity contribution < 1.29 is 13.2 Å². The molecule has 0 spiro atoms. The number of hydrogen-bond donors (Lipinski definition) is 1. The average molecular weight is 414 g/mol. The molecule has 0 saturated carbocycles. The van der Waals surface area contributed by atoms with Gasteiger partial charge >= 0.3 is 0 Å². The minimum absolute atomic E-state index is 0.0157. The Morgan fingerprint density at radius 3 is 2.58 bits per heavy atom. The zero-order chi connectivity index (χ0) is 19.2. The molecule has 1 amide bonds. The van der Waals surface area contributed by atoms with Crippen molar-refractivity contribution in [1.29, 1.82) is 0 Å². The molecule has 0 bridgehead atoms. The number of nitrogens with one attached hydrogen (secondary N) is 1. The van der Waals surface area contributed by atoms with Crippen molar-refractivity contribution in [3.63, 3.8) is 0 Å². The Labute approximate surface area is 163 Å². The second-order valence-electron chi connectivity index (χ2n) is 5.24. The van der Waals surface area contributed by atoms with Gasteiger partial charge in [0.2, 0.25) is 15.9 Å².